The van der Waals surface area contributed by atoms with Crippen molar-refractivity contribution in [1.29, 1.82) is 0 Å². The Bertz CT molecular complexity index is 732. The van der Waals surface area contributed by atoms with Gasteiger partial charge >= 0.3 is 5.97 Å². The van der Waals surface area contributed by atoms with E-state index in [2.05, 4.69) is 15.3 Å². The van der Waals surface area contributed by atoms with Crippen LogP contribution < -0.4 is 10.1 Å². The number of methoxy groups -OCH3 is 1. The Labute approximate surface area is 133 Å². The van der Waals surface area contributed by atoms with Crippen LogP contribution in [0, 0.1) is 5.92 Å². The van der Waals surface area contributed by atoms with E-state index in [4.69, 9.17) is 9.84 Å². The molecule has 3 rings (SSSR count). The van der Waals surface area contributed by atoms with Gasteiger partial charge in [-0.25, -0.2) is 4.98 Å². The molecule has 0 spiro atoms. The van der Waals surface area contributed by atoms with Crippen LogP contribution in [0.25, 0.3) is 10.9 Å². The van der Waals surface area contributed by atoms with Gasteiger partial charge in [0, 0.05) is 18.4 Å². The van der Waals surface area contributed by atoms with Crippen molar-refractivity contribution in [1.82, 2.24) is 15.3 Å². The smallest absolute Gasteiger partial charge is 0.306 e. The molecule has 0 aromatic carbocycles. The molecule has 1 aliphatic rings. The standard InChI is InChI=1S/C16H19N3O4/c1-23-15-11-6-7-17-13(11)12(8-18-15)14(20)19-10-4-2-9(3-5-10)16(21)22/h6-10,17H,2-5H2,1H3,(H,19,20)(H,21,22). The molecule has 7 nitrogen and oxygen atoms in total. The number of carboxylic acids is 1. The quantitative estimate of drug-likeness (QED) is 0.799. The number of aliphatic carboxylic acids is 1. The van der Waals surface area contributed by atoms with Crippen LogP contribution in [0.15, 0.2) is 18.5 Å². The number of hydrogen-bond acceptors (Lipinski definition) is 4. The number of carbonyl (C=O) groups excluding carboxylic acids is 1. The van der Waals surface area contributed by atoms with E-state index < -0.39 is 5.97 Å². The van der Waals surface area contributed by atoms with Gasteiger partial charge in [-0.1, -0.05) is 0 Å². The van der Waals surface area contributed by atoms with Crippen molar-refractivity contribution in [3.05, 3.63) is 24.0 Å². The lowest BCUT2D eigenvalue weighted by Gasteiger charge is -2.26. The third-order valence-electron chi connectivity index (χ3n) is 4.41. The minimum atomic E-state index is -0.748. The lowest BCUT2D eigenvalue weighted by molar-refractivity contribution is -0.142. The fourth-order valence-corrected chi connectivity index (χ4v) is 3.11. The van der Waals surface area contributed by atoms with Gasteiger partial charge in [0.25, 0.3) is 5.91 Å². The summed E-state index contributed by atoms with van der Waals surface area (Å²) in [6.07, 6.45) is 5.79. The predicted molar refractivity (Wildman–Crippen MR) is 83.5 cm³/mol. The van der Waals surface area contributed by atoms with E-state index in [9.17, 15) is 9.59 Å². The molecule has 7 heteroatoms. The van der Waals surface area contributed by atoms with Crippen molar-refractivity contribution in [2.24, 2.45) is 5.92 Å². The number of carbonyl (C=O) groups is 2. The Morgan fingerprint density at radius 3 is 2.74 bits per heavy atom. The van der Waals surface area contributed by atoms with Gasteiger partial charge in [0.1, 0.15) is 0 Å². The van der Waals surface area contributed by atoms with Gasteiger partial charge in [-0.2, -0.15) is 0 Å². The predicted octanol–water partition coefficient (Wildman–Crippen LogP) is 1.94. The minimum Gasteiger partial charge on any atom is -0.481 e. The summed E-state index contributed by atoms with van der Waals surface area (Å²) >= 11 is 0. The van der Waals surface area contributed by atoms with Gasteiger partial charge in [-0.05, 0) is 31.7 Å². The summed E-state index contributed by atoms with van der Waals surface area (Å²) in [5.41, 5.74) is 1.15. The number of H-pyrrole nitrogens is 1. The zero-order chi connectivity index (χ0) is 16.4. The molecule has 1 aliphatic carbocycles. The first kappa shape index (κ1) is 15.3. The van der Waals surface area contributed by atoms with E-state index in [1.54, 1.807) is 6.20 Å². The van der Waals surface area contributed by atoms with Crippen molar-refractivity contribution in [3.8, 4) is 5.88 Å². The zero-order valence-electron chi connectivity index (χ0n) is 12.8. The number of nitrogens with one attached hydrogen (secondary N) is 2. The maximum absolute atomic E-state index is 12.5. The van der Waals surface area contributed by atoms with E-state index >= 15 is 0 Å². The molecule has 1 amide bonds. The van der Waals surface area contributed by atoms with Crippen molar-refractivity contribution in [3.63, 3.8) is 0 Å². The molecule has 2 aromatic rings. The van der Waals surface area contributed by atoms with Crippen molar-refractivity contribution < 1.29 is 19.4 Å². The van der Waals surface area contributed by atoms with Crippen LogP contribution in [0.2, 0.25) is 0 Å². The van der Waals surface area contributed by atoms with Crippen molar-refractivity contribution in [2.45, 2.75) is 31.7 Å². The van der Waals surface area contributed by atoms with Crippen LogP contribution >= 0.6 is 0 Å². The average molecular weight is 317 g/mol. The number of fused-ring (bicyclic) bond motifs is 1. The number of aromatic amines is 1. The third kappa shape index (κ3) is 2.99. The number of ether oxygens (including phenoxy) is 1. The van der Waals surface area contributed by atoms with Crippen LogP contribution in [-0.4, -0.2) is 40.1 Å². The van der Waals surface area contributed by atoms with E-state index in [0.717, 1.165) is 5.39 Å². The van der Waals surface area contributed by atoms with Crippen LogP contribution in [0.4, 0.5) is 0 Å². The summed E-state index contributed by atoms with van der Waals surface area (Å²) in [6.45, 7) is 0. The molecule has 0 saturated heterocycles. The molecule has 0 aliphatic heterocycles. The molecule has 23 heavy (non-hydrogen) atoms. The molecule has 0 radical (unpaired) electrons. The summed E-state index contributed by atoms with van der Waals surface area (Å²) in [7, 11) is 1.54. The van der Waals surface area contributed by atoms with E-state index in [1.807, 2.05) is 6.07 Å². The second-order valence-corrected chi connectivity index (χ2v) is 5.81. The molecule has 3 N–H and O–H groups in total. The van der Waals surface area contributed by atoms with Crippen LogP contribution in [0.3, 0.4) is 0 Å². The second-order valence-electron chi connectivity index (χ2n) is 5.81. The summed E-state index contributed by atoms with van der Waals surface area (Å²) in [4.78, 5) is 30.7. The molecule has 1 fully saturated rings. The summed E-state index contributed by atoms with van der Waals surface area (Å²) in [5, 5.41) is 12.8. The highest BCUT2D eigenvalue weighted by molar-refractivity contribution is 6.06. The number of hydrogen-bond donors (Lipinski definition) is 3. The van der Waals surface area contributed by atoms with E-state index in [0.29, 0.717) is 42.6 Å². The lowest BCUT2D eigenvalue weighted by atomic mass is 9.86. The monoisotopic (exact) mass is 317 g/mol. The maximum atomic E-state index is 12.5. The number of aromatic nitrogens is 2. The fourth-order valence-electron chi connectivity index (χ4n) is 3.11. The molecule has 2 aromatic heterocycles. The summed E-state index contributed by atoms with van der Waals surface area (Å²) in [6, 6.07) is 1.82. The van der Waals surface area contributed by atoms with Crippen molar-refractivity contribution >= 4 is 22.8 Å². The van der Waals surface area contributed by atoms with Gasteiger partial charge < -0.3 is 20.1 Å². The highest BCUT2D eigenvalue weighted by Crippen LogP contribution is 2.27. The zero-order valence-corrected chi connectivity index (χ0v) is 12.8. The van der Waals surface area contributed by atoms with E-state index in [1.165, 1.54) is 13.3 Å². The Kier molecular flexibility index (Phi) is 4.18. The molecule has 0 bridgehead atoms. The summed E-state index contributed by atoms with van der Waals surface area (Å²) in [5.74, 6) is -0.769. The van der Waals surface area contributed by atoms with Crippen LogP contribution in [-0.2, 0) is 4.79 Å². The lowest BCUT2D eigenvalue weighted by Crippen LogP contribution is -2.38. The van der Waals surface area contributed by atoms with Gasteiger partial charge in [0.2, 0.25) is 5.88 Å². The maximum Gasteiger partial charge on any atom is 0.306 e. The highest BCUT2D eigenvalue weighted by Gasteiger charge is 2.27. The first-order valence-corrected chi connectivity index (χ1v) is 7.64. The van der Waals surface area contributed by atoms with Gasteiger partial charge in [0.05, 0.1) is 29.5 Å². The van der Waals surface area contributed by atoms with Crippen molar-refractivity contribution in [2.75, 3.05) is 7.11 Å². The molecular formula is C16H19N3O4. The van der Waals surface area contributed by atoms with E-state index in [-0.39, 0.29) is 17.9 Å². The number of nitrogens with zero attached hydrogens (tertiary/aromatic N) is 1. The Morgan fingerprint density at radius 2 is 2.09 bits per heavy atom. The minimum absolute atomic E-state index is 0.00483. The van der Waals surface area contributed by atoms with Gasteiger partial charge in [-0.3, -0.25) is 9.59 Å². The number of amides is 1. The molecular weight excluding hydrogens is 298 g/mol. The van der Waals surface area contributed by atoms with Gasteiger partial charge in [0.15, 0.2) is 0 Å². The SMILES string of the molecule is COc1ncc(C(=O)NC2CCC(C(=O)O)CC2)c2[nH]ccc12. The number of pyridine rings is 1. The molecule has 0 unspecified atom stereocenters. The Balaban J connectivity index is 1.72. The average Bonchev–Trinajstić information content (AvgIpc) is 3.04. The molecule has 1 saturated carbocycles. The number of rotatable bonds is 4. The van der Waals surface area contributed by atoms with Crippen LogP contribution in [0.1, 0.15) is 36.0 Å². The van der Waals surface area contributed by atoms with Crippen LogP contribution in [0.5, 0.6) is 5.88 Å². The fraction of sp³-hybridized carbons (Fsp3) is 0.438. The van der Waals surface area contributed by atoms with Gasteiger partial charge in [-0.15, -0.1) is 0 Å². The second kappa shape index (κ2) is 6.28. The Morgan fingerprint density at radius 1 is 1.35 bits per heavy atom. The Hall–Kier alpha value is -2.57. The largest absolute Gasteiger partial charge is 0.481 e. The first-order valence-electron chi connectivity index (χ1n) is 7.64. The molecule has 2 heterocycles. The normalized spacial score (nSPS) is 21.1. The molecule has 0 atom stereocenters. The third-order valence-corrected chi connectivity index (χ3v) is 4.41. The molecule has 122 valence electrons. The topological polar surface area (TPSA) is 104 Å². The number of carboxylic acid groups (broad SMARTS) is 1. The summed E-state index contributed by atoms with van der Waals surface area (Å²) < 4.78 is 5.19. The highest BCUT2D eigenvalue weighted by atomic mass is 16.5. The first-order chi connectivity index (χ1) is 11.1.